The van der Waals surface area contributed by atoms with E-state index in [0.717, 1.165) is 25.7 Å². The Morgan fingerprint density at radius 3 is 2.81 bits per heavy atom. The van der Waals surface area contributed by atoms with Gasteiger partial charge in [-0.25, -0.2) is 9.18 Å². The van der Waals surface area contributed by atoms with Gasteiger partial charge >= 0.3 is 6.03 Å². The maximum Gasteiger partial charge on any atom is 0.317 e. The average Bonchev–Trinajstić information content (AvgIpc) is 2.92. The number of aliphatic hydroxyl groups excluding tert-OH is 1. The fraction of sp³-hybridized carbons (Fsp3) is 0.741. The molecule has 1 aromatic rings. The minimum absolute atomic E-state index is 0.0541. The molecule has 5 N–H and O–H groups in total. The summed E-state index contributed by atoms with van der Waals surface area (Å²) in [5.74, 6) is -0.247. The smallest absolute Gasteiger partial charge is 0.317 e. The molecule has 37 heavy (non-hydrogen) atoms. The highest BCUT2D eigenvalue weighted by atomic mass is 35.5. The topological polar surface area (TPSA) is 117 Å². The van der Waals surface area contributed by atoms with Crippen LogP contribution in [-0.2, 0) is 15.1 Å². The van der Waals surface area contributed by atoms with Gasteiger partial charge in [0.05, 0.1) is 30.3 Å². The summed E-state index contributed by atoms with van der Waals surface area (Å²) in [6.07, 6.45) is 6.15. The predicted molar refractivity (Wildman–Crippen MR) is 141 cm³/mol. The van der Waals surface area contributed by atoms with Crippen molar-refractivity contribution in [1.82, 2.24) is 10.2 Å². The van der Waals surface area contributed by atoms with Crippen LogP contribution >= 0.6 is 11.6 Å². The van der Waals surface area contributed by atoms with E-state index in [-0.39, 0.29) is 42.7 Å². The van der Waals surface area contributed by atoms with E-state index < -0.39 is 29.7 Å². The number of unbranched alkanes of at least 4 members (excludes halogenated alkanes) is 1. The maximum atomic E-state index is 15.1. The Morgan fingerprint density at radius 1 is 1.35 bits per heavy atom. The van der Waals surface area contributed by atoms with Crippen LogP contribution in [0.1, 0.15) is 63.4 Å². The van der Waals surface area contributed by atoms with E-state index in [1.54, 1.807) is 18.1 Å². The summed E-state index contributed by atoms with van der Waals surface area (Å²) < 4.78 is 26.2. The fourth-order valence-corrected chi connectivity index (χ4v) is 5.75. The number of halogens is 2. The van der Waals surface area contributed by atoms with Gasteiger partial charge in [0.1, 0.15) is 17.5 Å². The van der Waals surface area contributed by atoms with Crippen molar-refractivity contribution in [2.75, 3.05) is 40.0 Å². The molecule has 1 heterocycles. The Morgan fingerprint density at radius 2 is 2.11 bits per heavy atom. The quantitative estimate of drug-likeness (QED) is 0.299. The van der Waals surface area contributed by atoms with Crippen molar-refractivity contribution < 1.29 is 28.9 Å². The summed E-state index contributed by atoms with van der Waals surface area (Å²) in [6.45, 7) is 1.13. The second-order valence-corrected chi connectivity index (χ2v) is 10.8. The largest absolute Gasteiger partial charge is 0.390 e. The molecule has 1 saturated carbocycles. The van der Waals surface area contributed by atoms with Gasteiger partial charge in [-0.3, -0.25) is 0 Å². The number of urea groups is 1. The number of benzene rings is 1. The Labute approximate surface area is 224 Å². The Hall–Kier alpha value is -1.49. The molecule has 8 nitrogen and oxygen atoms in total. The fourth-order valence-electron chi connectivity index (χ4n) is 5.58. The Bertz CT molecular complexity index is 859. The summed E-state index contributed by atoms with van der Waals surface area (Å²) >= 11 is 6.05. The number of rotatable bonds is 12. The van der Waals surface area contributed by atoms with E-state index >= 15 is 4.39 Å². The molecule has 1 saturated heterocycles. The van der Waals surface area contributed by atoms with E-state index in [9.17, 15) is 15.0 Å². The van der Waals surface area contributed by atoms with Crippen LogP contribution in [0.25, 0.3) is 0 Å². The zero-order valence-corrected chi connectivity index (χ0v) is 22.6. The highest BCUT2D eigenvalue weighted by molar-refractivity contribution is 6.30. The lowest BCUT2D eigenvalue weighted by Gasteiger charge is -2.43. The average molecular weight is 544 g/mol. The highest BCUT2D eigenvalue weighted by Crippen LogP contribution is 2.37. The number of nitrogens with one attached hydrogen (secondary N) is 1. The first kappa shape index (κ1) is 30.1. The van der Waals surface area contributed by atoms with Crippen LogP contribution in [0.4, 0.5) is 9.18 Å². The first-order valence-electron chi connectivity index (χ1n) is 13.5. The van der Waals surface area contributed by atoms with Crippen LogP contribution in [-0.4, -0.2) is 79.4 Å². The highest BCUT2D eigenvalue weighted by Gasteiger charge is 2.44. The van der Waals surface area contributed by atoms with E-state index in [4.69, 9.17) is 26.8 Å². The minimum atomic E-state index is -1.69. The molecule has 3 rings (SSSR count). The summed E-state index contributed by atoms with van der Waals surface area (Å²) in [7, 11) is 1.60. The molecule has 1 aromatic carbocycles. The summed E-state index contributed by atoms with van der Waals surface area (Å²) in [6, 6.07) is 3.73. The molecule has 210 valence electrons. The van der Waals surface area contributed by atoms with Gasteiger partial charge in [0.25, 0.3) is 0 Å². The zero-order valence-electron chi connectivity index (χ0n) is 21.8. The third-order valence-corrected chi connectivity index (χ3v) is 8.08. The second kappa shape index (κ2) is 14.6. The van der Waals surface area contributed by atoms with Gasteiger partial charge in [-0.2, -0.15) is 0 Å². The Balaban J connectivity index is 1.74. The van der Waals surface area contributed by atoms with Crippen molar-refractivity contribution >= 4 is 17.6 Å². The molecule has 4 unspecified atom stereocenters. The first-order valence-corrected chi connectivity index (χ1v) is 13.9. The maximum absolute atomic E-state index is 15.1. The zero-order chi connectivity index (χ0) is 26.8. The van der Waals surface area contributed by atoms with Crippen LogP contribution in [0.5, 0.6) is 0 Å². The van der Waals surface area contributed by atoms with Gasteiger partial charge in [-0.1, -0.05) is 55.8 Å². The summed E-state index contributed by atoms with van der Waals surface area (Å²) in [5.41, 5.74) is 4.11. The number of ether oxygens (including phenoxy) is 2. The molecular formula is C27H43ClFN3O5. The molecule has 1 aliphatic heterocycles. The molecule has 0 radical (unpaired) electrons. The number of nitrogens with two attached hydrogens (primary N) is 1. The van der Waals surface area contributed by atoms with Crippen LogP contribution in [0.15, 0.2) is 18.2 Å². The lowest BCUT2D eigenvalue weighted by molar-refractivity contribution is -0.147. The van der Waals surface area contributed by atoms with Gasteiger partial charge in [0.15, 0.2) is 0 Å². The third-order valence-electron chi connectivity index (χ3n) is 7.79. The molecule has 0 spiro atoms. The summed E-state index contributed by atoms with van der Waals surface area (Å²) in [5, 5.41) is 25.3. The summed E-state index contributed by atoms with van der Waals surface area (Å²) in [4.78, 5) is 14.9. The van der Waals surface area contributed by atoms with Crippen molar-refractivity contribution in [2.45, 2.75) is 81.6 Å². The molecule has 10 heteroatoms. The number of hydrogen-bond acceptors (Lipinski definition) is 6. The van der Waals surface area contributed by atoms with E-state index in [2.05, 4.69) is 5.32 Å². The molecule has 2 aliphatic rings. The van der Waals surface area contributed by atoms with Gasteiger partial charge in [0.2, 0.25) is 0 Å². The van der Waals surface area contributed by atoms with E-state index in [1.165, 1.54) is 18.6 Å². The minimum Gasteiger partial charge on any atom is -0.390 e. The number of amides is 2. The molecule has 2 amide bonds. The molecular weight excluding hydrogens is 501 g/mol. The number of carbonyl (C=O) groups excluding carboxylic acids is 1. The lowest BCUT2D eigenvalue weighted by atomic mass is 9.82. The van der Waals surface area contributed by atoms with E-state index in [1.807, 2.05) is 0 Å². The van der Waals surface area contributed by atoms with Crippen molar-refractivity contribution in [2.24, 2.45) is 11.7 Å². The normalized spacial score (nSPS) is 22.3. The van der Waals surface area contributed by atoms with Crippen LogP contribution < -0.4 is 11.1 Å². The van der Waals surface area contributed by atoms with Crippen molar-refractivity contribution in [3.63, 3.8) is 0 Å². The third kappa shape index (κ3) is 8.00. The van der Waals surface area contributed by atoms with Gasteiger partial charge in [-0.05, 0) is 37.7 Å². The van der Waals surface area contributed by atoms with Crippen molar-refractivity contribution in [3.8, 4) is 0 Å². The number of hydrogen-bond donors (Lipinski definition) is 4. The number of aliphatic hydroxyl groups is 2. The van der Waals surface area contributed by atoms with Gasteiger partial charge in [0, 0.05) is 32.4 Å². The second-order valence-electron chi connectivity index (χ2n) is 10.4. The van der Waals surface area contributed by atoms with Gasteiger partial charge in [-0.15, -0.1) is 0 Å². The first-order chi connectivity index (χ1) is 17.8. The van der Waals surface area contributed by atoms with Gasteiger partial charge < -0.3 is 35.6 Å². The number of carbonyl (C=O) groups is 1. The standard InChI is InChI=1S/C27H43ClFN3O5/c1-36-14-6-5-12-27(35,20-10-7-11-21(28)25(20)29)24-18-32(13-15-37-24)26(34)31-22(23(33)17-30)16-19-8-3-2-4-9-19/h7,10-11,19,22-24,33,35H,2-6,8-9,12-18,30H2,1H3,(H,31,34). The monoisotopic (exact) mass is 543 g/mol. The van der Waals surface area contributed by atoms with Crippen LogP contribution in [0.3, 0.4) is 0 Å². The molecule has 2 fully saturated rings. The number of methoxy groups -OCH3 is 1. The number of morpholine rings is 1. The SMILES string of the molecule is COCCCCC(O)(c1cccc(Cl)c1F)C1CN(C(=O)NC(CC2CCCCC2)C(O)CN)CCO1. The van der Waals surface area contributed by atoms with Crippen molar-refractivity contribution in [1.29, 1.82) is 0 Å². The molecule has 4 atom stereocenters. The van der Waals surface area contributed by atoms with E-state index in [0.29, 0.717) is 38.3 Å². The van der Waals surface area contributed by atoms with Crippen molar-refractivity contribution in [3.05, 3.63) is 34.6 Å². The number of nitrogens with zero attached hydrogens (tertiary/aromatic N) is 1. The molecule has 1 aliphatic carbocycles. The predicted octanol–water partition coefficient (Wildman–Crippen LogP) is 3.55. The molecule has 0 bridgehead atoms. The Kier molecular flexibility index (Phi) is 11.9. The molecule has 0 aromatic heterocycles. The van der Waals surface area contributed by atoms with Crippen LogP contribution in [0, 0.1) is 11.7 Å². The lowest BCUT2D eigenvalue weighted by Crippen LogP contribution is -2.59. The van der Waals surface area contributed by atoms with Crippen LogP contribution in [0.2, 0.25) is 5.02 Å².